The van der Waals surface area contributed by atoms with Gasteiger partial charge in [0.2, 0.25) is 0 Å². The highest BCUT2D eigenvalue weighted by atomic mass is 35.5. The number of fused-ring (bicyclic) bond motifs is 9. The van der Waals surface area contributed by atoms with Gasteiger partial charge in [0.25, 0.3) is 0 Å². The number of hydrogen-bond acceptors (Lipinski definition) is 1. The molecule has 0 radical (unpaired) electrons. The van der Waals surface area contributed by atoms with E-state index < -0.39 is 0 Å². The second kappa shape index (κ2) is 6.13. The molecule has 2 heterocycles. The van der Waals surface area contributed by atoms with Gasteiger partial charge >= 0.3 is 0 Å². The summed E-state index contributed by atoms with van der Waals surface area (Å²) in [4.78, 5) is 3.49. The Bertz CT molecular complexity index is 1790. The van der Waals surface area contributed by atoms with Gasteiger partial charge in [-0.15, -0.1) is 0 Å². The van der Waals surface area contributed by atoms with E-state index in [1.54, 1.807) is 0 Å². The molecule has 2 aromatic heterocycles. The number of aromatic amines is 1. The van der Waals surface area contributed by atoms with Gasteiger partial charge in [0, 0.05) is 26.7 Å². The third-order valence-corrected chi connectivity index (χ3v) is 6.49. The van der Waals surface area contributed by atoms with E-state index in [1.807, 2.05) is 18.2 Å². The molecule has 1 N–H and O–H groups in total. The van der Waals surface area contributed by atoms with Crippen molar-refractivity contribution in [2.24, 2.45) is 0 Å². The van der Waals surface area contributed by atoms with Crippen molar-refractivity contribution in [3.05, 3.63) is 96.0 Å². The van der Waals surface area contributed by atoms with Crippen molar-refractivity contribution in [3.63, 3.8) is 0 Å². The standard InChI is InChI=1S/C28H16ClNO/c29-17-10-11-20-24(14-17)30-23-13-12-21-26-19-9-5-4-8-18(19)22(16-6-2-1-3-7-16)15-25(26)31-28(21)27(20)23/h1-15,30H. The lowest BCUT2D eigenvalue weighted by Gasteiger charge is -2.08. The average molecular weight is 418 g/mol. The number of halogens is 1. The molecule has 0 fully saturated rings. The summed E-state index contributed by atoms with van der Waals surface area (Å²) in [5, 5.41) is 7.68. The molecule has 5 aromatic carbocycles. The van der Waals surface area contributed by atoms with Crippen molar-refractivity contribution >= 4 is 66.1 Å². The van der Waals surface area contributed by atoms with Crippen molar-refractivity contribution in [1.82, 2.24) is 4.98 Å². The molecule has 7 aromatic rings. The molecule has 0 unspecified atom stereocenters. The Labute approximate surface area is 182 Å². The first-order valence-corrected chi connectivity index (χ1v) is 10.7. The maximum Gasteiger partial charge on any atom is 0.145 e. The molecule has 3 heteroatoms. The first kappa shape index (κ1) is 17.0. The normalized spacial score (nSPS) is 12.0. The molecule has 0 aliphatic rings. The van der Waals surface area contributed by atoms with Crippen LogP contribution in [0, 0.1) is 0 Å². The van der Waals surface area contributed by atoms with Crippen LogP contribution in [0.25, 0.3) is 65.6 Å². The van der Waals surface area contributed by atoms with Gasteiger partial charge in [0.05, 0.1) is 10.9 Å². The van der Waals surface area contributed by atoms with Gasteiger partial charge in [0.1, 0.15) is 11.2 Å². The third kappa shape index (κ3) is 2.34. The molecule has 0 spiro atoms. The Morgan fingerprint density at radius 2 is 1.39 bits per heavy atom. The number of H-pyrrole nitrogens is 1. The van der Waals surface area contributed by atoms with Crippen molar-refractivity contribution in [2.75, 3.05) is 0 Å². The molecule has 0 aliphatic carbocycles. The Morgan fingerprint density at radius 3 is 2.26 bits per heavy atom. The predicted molar refractivity (Wildman–Crippen MR) is 131 cm³/mol. The number of benzene rings is 5. The van der Waals surface area contributed by atoms with E-state index in [-0.39, 0.29) is 0 Å². The van der Waals surface area contributed by atoms with E-state index in [0.29, 0.717) is 0 Å². The highest BCUT2D eigenvalue weighted by molar-refractivity contribution is 6.32. The van der Waals surface area contributed by atoms with Crippen molar-refractivity contribution < 1.29 is 4.42 Å². The predicted octanol–water partition coefficient (Wildman–Crippen LogP) is 8.69. The number of nitrogens with one attached hydrogen (secondary N) is 1. The molecular weight excluding hydrogens is 402 g/mol. The lowest BCUT2D eigenvalue weighted by molar-refractivity contribution is 0.673. The first-order valence-electron chi connectivity index (χ1n) is 10.3. The fraction of sp³-hybridized carbons (Fsp3) is 0. The zero-order valence-corrected chi connectivity index (χ0v) is 17.2. The fourth-order valence-corrected chi connectivity index (χ4v) is 5.09. The summed E-state index contributed by atoms with van der Waals surface area (Å²) >= 11 is 6.23. The monoisotopic (exact) mass is 417 g/mol. The molecule has 0 bridgehead atoms. The van der Waals surface area contributed by atoms with Crippen LogP contribution in [0.1, 0.15) is 0 Å². The lowest BCUT2D eigenvalue weighted by Crippen LogP contribution is -1.82. The molecule has 0 saturated heterocycles. The average Bonchev–Trinajstić information content (AvgIpc) is 3.36. The smallest absolute Gasteiger partial charge is 0.145 e. The molecule has 146 valence electrons. The van der Waals surface area contributed by atoms with E-state index in [1.165, 1.54) is 21.9 Å². The van der Waals surface area contributed by atoms with Crippen LogP contribution in [-0.4, -0.2) is 4.98 Å². The van der Waals surface area contributed by atoms with Crippen molar-refractivity contribution in [3.8, 4) is 11.1 Å². The van der Waals surface area contributed by atoms with Crippen molar-refractivity contribution in [2.45, 2.75) is 0 Å². The summed E-state index contributed by atoms with van der Waals surface area (Å²) in [6, 6.07) is 31.5. The minimum absolute atomic E-state index is 0.721. The second-order valence-electron chi connectivity index (χ2n) is 7.99. The van der Waals surface area contributed by atoms with Gasteiger partial charge in [-0.1, -0.05) is 72.3 Å². The van der Waals surface area contributed by atoms with Gasteiger partial charge in [-0.25, -0.2) is 0 Å². The fourth-order valence-electron chi connectivity index (χ4n) is 4.91. The van der Waals surface area contributed by atoms with Crippen LogP contribution >= 0.6 is 11.6 Å². The van der Waals surface area contributed by atoms with Crippen LogP contribution in [-0.2, 0) is 0 Å². The zero-order valence-electron chi connectivity index (χ0n) is 16.4. The minimum Gasteiger partial charge on any atom is -0.455 e. The summed E-state index contributed by atoms with van der Waals surface area (Å²) in [5.74, 6) is 0. The van der Waals surface area contributed by atoms with Crippen LogP contribution in [0.3, 0.4) is 0 Å². The van der Waals surface area contributed by atoms with Crippen LogP contribution in [0.5, 0.6) is 0 Å². The van der Waals surface area contributed by atoms with Gasteiger partial charge in [0.15, 0.2) is 0 Å². The number of furan rings is 1. The summed E-state index contributed by atoms with van der Waals surface area (Å²) in [5.41, 5.74) is 6.26. The quantitative estimate of drug-likeness (QED) is 0.284. The Hall–Kier alpha value is -3.75. The second-order valence-corrected chi connectivity index (χ2v) is 8.43. The van der Waals surface area contributed by atoms with Gasteiger partial charge in [-0.3, -0.25) is 0 Å². The highest BCUT2D eigenvalue weighted by Gasteiger charge is 2.18. The van der Waals surface area contributed by atoms with Crippen LogP contribution in [0.15, 0.2) is 95.4 Å². The summed E-state index contributed by atoms with van der Waals surface area (Å²) in [6.45, 7) is 0. The Balaban J connectivity index is 1.69. The van der Waals surface area contributed by atoms with E-state index in [4.69, 9.17) is 16.0 Å². The lowest BCUT2D eigenvalue weighted by atomic mass is 9.95. The third-order valence-electron chi connectivity index (χ3n) is 6.25. The van der Waals surface area contributed by atoms with Crippen LogP contribution in [0.2, 0.25) is 5.02 Å². The van der Waals surface area contributed by atoms with E-state index in [2.05, 4.69) is 77.8 Å². The van der Waals surface area contributed by atoms with Gasteiger partial charge < -0.3 is 9.40 Å². The van der Waals surface area contributed by atoms with Gasteiger partial charge in [-0.05, 0) is 52.2 Å². The molecule has 0 amide bonds. The topological polar surface area (TPSA) is 28.9 Å². The molecular formula is C28H16ClNO. The number of aromatic nitrogens is 1. The largest absolute Gasteiger partial charge is 0.455 e. The van der Waals surface area contributed by atoms with Gasteiger partial charge in [-0.2, -0.15) is 0 Å². The minimum atomic E-state index is 0.721. The molecule has 31 heavy (non-hydrogen) atoms. The zero-order chi connectivity index (χ0) is 20.5. The Kier molecular flexibility index (Phi) is 3.36. The highest BCUT2D eigenvalue weighted by Crippen LogP contribution is 2.43. The molecule has 7 rings (SSSR count). The van der Waals surface area contributed by atoms with E-state index >= 15 is 0 Å². The van der Waals surface area contributed by atoms with Crippen LogP contribution in [0.4, 0.5) is 0 Å². The molecule has 0 aliphatic heterocycles. The molecule has 2 nitrogen and oxygen atoms in total. The number of rotatable bonds is 1. The SMILES string of the molecule is Clc1ccc2c(c1)[nH]c1ccc3c(oc4cc(-c5ccccc5)c5ccccc5c43)c12. The van der Waals surface area contributed by atoms with E-state index in [0.717, 1.165) is 48.8 Å². The number of hydrogen-bond donors (Lipinski definition) is 1. The van der Waals surface area contributed by atoms with E-state index in [9.17, 15) is 0 Å². The first-order chi connectivity index (χ1) is 15.3. The summed E-state index contributed by atoms with van der Waals surface area (Å²) in [6.07, 6.45) is 0. The molecule has 0 saturated carbocycles. The molecule has 0 atom stereocenters. The van der Waals surface area contributed by atoms with Crippen LogP contribution < -0.4 is 0 Å². The maximum absolute atomic E-state index is 6.58. The summed E-state index contributed by atoms with van der Waals surface area (Å²) < 4.78 is 6.58. The summed E-state index contributed by atoms with van der Waals surface area (Å²) in [7, 11) is 0. The Morgan fingerprint density at radius 1 is 0.613 bits per heavy atom. The van der Waals surface area contributed by atoms with Crippen molar-refractivity contribution in [1.29, 1.82) is 0 Å². The maximum atomic E-state index is 6.58.